The Morgan fingerprint density at radius 2 is 1.81 bits per heavy atom. The highest BCUT2D eigenvalue weighted by molar-refractivity contribution is 6.00. The Labute approximate surface area is 179 Å². The lowest BCUT2D eigenvalue weighted by molar-refractivity contribution is -0.141. The molecule has 1 aliphatic carbocycles. The lowest BCUT2D eigenvalue weighted by Crippen LogP contribution is -2.40. The zero-order valence-electron chi connectivity index (χ0n) is 18.1. The number of aryl methyl sites for hydroxylation is 4. The van der Waals surface area contributed by atoms with Crippen molar-refractivity contribution in [1.82, 2.24) is 5.32 Å². The summed E-state index contributed by atoms with van der Waals surface area (Å²) < 4.78 is 11.8. The number of carbonyl (C=O) groups is 2. The zero-order chi connectivity index (χ0) is 22.3. The number of fused-ring (bicyclic) bond motifs is 4. The topological polar surface area (TPSA) is 110 Å². The van der Waals surface area contributed by atoms with E-state index in [2.05, 4.69) is 5.32 Å². The van der Waals surface area contributed by atoms with E-state index in [1.54, 1.807) is 6.92 Å². The molecule has 0 unspecified atom stereocenters. The van der Waals surface area contributed by atoms with Crippen LogP contribution in [-0.2, 0) is 28.9 Å². The molecule has 0 fully saturated rings. The fourth-order valence-corrected chi connectivity index (χ4v) is 4.55. The largest absolute Gasteiger partial charge is 0.480 e. The van der Waals surface area contributed by atoms with Crippen LogP contribution in [0, 0.1) is 13.8 Å². The first-order chi connectivity index (χ1) is 14.8. The smallest absolute Gasteiger partial charge is 0.339 e. The molecule has 3 aromatic rings. The number of hydrogen-bond acceptors (Lipinski definition) is 5. The molecule has 2 heterocycles. The van der Waals surface area contributed by atoms with Crippen molar-refractivity contribution in [2.24, 2.45) is 0 Å². The van der Waals surface area contributed by atoms with Crippen LogP contribution in [0.15, 0.2) is 19.7 Å². The van der Waals surface area contributed by atoms with Crippen LogP contribution in [0.4, 0.5) is 0 Å². The molecule has 1 atom stereocenters. The zero-order valence-corrected chi connectivity index (χ0v) is 18.1. The van der Waals surface area contributed by atoms with Crippen molar-refractivity contribution in [2.75, 3.05) is 0 Å². The molecule has 2 N–H and O–H groups in total. The van der Waals surface area contributed by atoms with Gasteiger partial charge in [0.1, 0.15) is 23.0 Å². The summed E-state index contributed by atoms with van der Waals surface area (Å²) in [6.07, 6.45) is 4.66. The maximum Gasteiger partial charge on any atom is 0.339 e. The highest BCUT2D eigenvalue weighted by Crippen LogP contribution is 2.37. The Hall–Kier alpha value is -3.09. The summed E-state index contributed by atoms with van der Waals surface area (Å²) in [6.45, 7) is 5.47. The number of amides is 1. The van der Waals surface area contributed by atoms with Gasteiger partial charge in [0.05, 0.1) is 0 Å². The lowest BCUT2D eigenvalue weighted by Gasteiger charge is -2.13. The maximum atomic E-state index is 12.7. The van der Waals surface area contributed by atoms with Gasteiger partial charge in [0.15, 0.2) is 0 Å². The van der Waals surface area contributed by atoms with Crippen molar-refractivity contribution in [3.63, 3.8) is 0 Å². The summed E-state index contributed by atoms with van der Waals surface area (Å²) in [5.41, 5.74) is 4.14. The summed E-state index contributed by atoms with van der Waals surface area (Å²) in [5.74, 6) is -0.440. The standard InChI is InChI=1S/C24H27NO6/c1-4-18(23(27)28)25-20(26)10-9-14-12(2)16-11-17-15-7-5-6-8-19(15)30-22(17)13(3)21(16)31-24(14)29/h11,18H,4-10H2,1-3H3,(H,25,26)(H,27,28)/t18-/m0/s1. The predicted molar refractivity (Wildman–Crippen MR) is 117 cm³/mol. The highest BCUT2D eigenvalue weighted by atomic mass is 16.4. The van der Waals surface area contributed by atoms with Crippen LogP contribution in [0.25, 0.3) is 21.9 Å². The number of hydrogen-bond donors (Lipinski definition) is 2. The molecule has 164 valence electrons. The van der Waals surface area contributed by atoms with Gasteiger partial charge in [-0.2, -0.15) is 0 Å². The molecule has 31 heavy (non-hydrogen) atoms. The molecule has 0 bridgehead atoms. The van der Waals surface area contributed by atoms with Crippen molar-refractivity contribution < 1.29 is 23.5 Å². The number of carboxylic acid groups (broad SMARTS) is 1. The lowest BCUT2D eigenvalue weighted by atomic mass is 9.93. The van der Waals surface area contributed by atoms with Crippen molar-refractivity contribution in [1.29, 1.82) is 0 Å². The molecule has 7 nitrogen and oxygen atoms in total. The first-order valence-electron chi connectivity index (χ1n) is 10.8. The minimum Gasteiger partial charge on any atom is -0.480 e. The first kappa shape index (κ1) is 21.2. The molecular weight excluding hydrogens is 398 g/mol. The van der Waals surface area contributed by atoms with Gasteiger partial charge in [0.25, 0.3) is 0 Å². The molecule has 0 radical (unpaired) electrons. The SMILES string of the molecule is CC[C@H](NC(=O)CCc1c(C)c2cc3c4c(oc3c(C)c2oc1=O)CCCC4)C(=O)O. The van der Waals surface area contributed by atoms with Gasteiger partial charge in [0.2, 0.25) is 5.91 Å². The average molecular weight is 425 g/mol. The number of carboxylic acids is 1. The molecule has 4 rings (SSSR count). The third kappa shape index (κ3) is 3.73. The van der Waals surface area contributed by atoms with Gasteiger partial charge >= 0.3 is 11.6 Å². The van der Waals surface area contributed by atoms with Crippen molar-refractivity contribution >= 4 is 33.8 Å². The first-order valence-corrected chi connectivity index (χ1v) is 10.8. The van der Waals surface area contributed by atoms with Gasteiger partial charge in [-0.15, -0.1) is 0 Å². The molecule has 0 aliphatic heterocycles. The normalized spacial score (nSPS) is 14.5. The molecule has 7 heteroatoms. The van der Waals surface area contributed by atoms with E-state index < -0.39 is 23.5 Å². The summed E-state index contributed by atoms with van der Waals surface area (Å²) in [7, 11) is 0. The van der Waals surface area contributed by atoms with E-state index in [9.17, 15) is 14.4 Å². The van der Waals surface area contributed by atoms with Gasteiger partial charge in [-0.3, -0.25) is 4.79 Å². The van der Waals surface area contributed by atoms with Crippen LogP contribution < -0.4 is 10.9 Å². The minimum atomic E-state index is -1.07. The fourth-order valence-electron chi connectivity index (χ4n) is 4.55. The van der Waals surface area contributed by atoms with Gasteiger partial charge < -0.3 is 19.3 Å². The number of furan rings is 1. The number of carbonyl (C=O) groups excluding carboxylic acids is 1. The van der Waals surface area contributed by atoms with Crippen LogP contribution in [0.3, 0.4) is 0 Å². The Kier molecular flexibility index (Phi) is 5.60. The third-order valence-corrected chi connectivity index (χ3v) is 6.37. The van der Waals surface area contributed by atoms with E-state index in [1.165, 1.54) is 5.56 Å². The predicted octanol–water partition coefficient (Wildman–Crippen LogP) is 3.95. The monoisotopic (exact) mass is 425 g/mol. The van der Waals surface area contributed by atoms with Gasteiger partial charge in [-0.1, -0.05) is 6.92 Å². The third-order valence-electron chi connectivity index (χ3n) is 6.37. The molecule has 0 spiro atoms. The van der Waals surface area contributed by atoms with Crippen molar-refractivity contribution in [3.8, 4) is 0 Å². The molecule has 0 saturated heterocycles. The van der Waals surface area contributed by atoms with E-state index in [1.807, 2.05) is 19.9 Å². The van der Waals surface area contributed by atoms with Crippen LogP contribution in [-0.4, -0.2) is 23.0 Å². The Morgan fingerprint density at radius 3 is 2.52 bits per heavy atom. The molecule has 2 aromatic heterocycles. The van der Waals surface area contributed by atoms with Crippen LogP contribution in [0.1, 0.15) is 60.6 Å². The summed E-state index contributed by atoms with van der Waals surface area (Å²) in [6, 6.07) is 1.12. The summed E-state index contributed by atoms with van der Waals surface area (Å²) >= 11 is 0. The molecule has 1 amide bonds. The molecule has 0 saturated carbocycles. The number of nitrogens with one attached hydrogen (secondary N) is 1. The Morgan fingerprint density at radius 1 is 1.10 bits per heavy atom. The van der Waals surface area contributed by atoms with Crippen LogP contribution in [0.2, 0.25) is 0 Å². The highest BCUT2D eigenvalue weighted by Gasteiger charge is 2.23. The number of benzene rings is 1. The second-order valence-electron chi connectivity index (χ2n) is 8.33. The van der Waals surface area contributed by atoms with Gasteiger partial charge in [-0.25, -0.2) is 9.59 Å². The second-order valence-corrected chi connectivity index (χ2v) is 8.33. The van der Waals surface area contributed by atoms with Gasteiger partial charge in [-0.05, 0) is 57.6 Å². The van der Waals surface area contributed by atoms with Crippen molar-refractivity contribution in [3.05, 3.63) is 44.5 Å². The molecule has 1 aromatic carbocycles. The van der Waals surface area contributed by atoms with E-state index in [4.69, 9.17) is 13.9 Å². The van der Waals surface area contributed by atoms with Crippen LogP contribution in [0.5, 0.6) is 0 Å². The van der Waals surface area contributed by atoms with E-state index in [0.717, 1.165) is 58.9 Å². The van der Waals surface area contributed by atoms with Crippen molar-refractivity contribution in [2.45, 2.75) is 71.8 Å². The molecule has 1 aliphatic rings. The number of aliphatic carboxylic acids is 1. The average Bonchev–Trinajstić information content (AvgIpc) is 3.12. The summed E-state index contributed by atoms with van der Waals surface area (Å²) in [4.78, 5) is 36.1. The quantitative estimate of drug-likeness (QED) is 0.579. The Bertz CT molecular complexity index is 1250. The van der Waals surface area contributed by atoms with E-state index >= 15 is 0 Å². The van der Waals surface area contributed by atoms with Gasteiger partial charge in [0, 0.05) is 40.3 Å². The Balaban J connectivity index is 1.70. The maximum absolute atomic E-state index is 12.7. The summed E-state index contributed by atoms with van der Waals surface area (Å²) in [5, 5.41) is 13.5. The second kappa shape index (κ2) is 8.21. The fraction of sp³-hybridized carbons (Fsp3) is 0.458. The minimum absolute atomic E-state index is 0.0171. The van der Waals surface area contributed by atoms with E-state index in [0.29, 0.717) is 17.6 Å². The molecular formula is C24H27NO6. The van der Waals surface area contributed by atoms with Crippen LogP contribution >= 0.6 is 0 Å². The van der Waals surface area contributed by atoms with E-state index in [-0.39, 0.29) is 12.8 Å². The number of rotatable bonds is 6.